The van der Waals surface area contributed by atoms with Gasteiger partial charge >= 0.3 is 5.97 Å². The molecule has 1 unspecified atom stereocenters. The van der Waals surface area contributed by atoms with Crippen molar-refractivity contribution in [2.24, 2.45) is 0 Å². The maximum atomic E-state index is 13.5. The highest BCUT2D eigenvalue weighted by atomic mass is 32.2. The number of hydrogen-bond donors (Lipinski definition) is 1. The highest BCUT2D eigenvalue weighted by molar-refractivity contribution is 7.99. The number of hydrogen-bond acceptors (Lipinski definition) is 7. The standard InChI is InChI=1S/C20H26FN5O3S/c1-14(25-10-4-3-5-11-25)19-23-24-20(26(19)16-8-6-15(21)7-9-16)30-13-17(27)22-12-18(28)29-2/h6-9,14H,3-5,10-13H2,1-2H3,(H,22,27). The van der Waals surface area contributed by atoms with Crippen LogP contribution in [0, 0.1) is 5.82 Å². The van der Waals surface area contributed by atoms with Crippen molar-refractivity contribution in [1.29, 1.82) is 0 Å². The summed E-state index contributed by atoms with van der Waals surface area (Å²) in [6.45, 7) is 3.90. The van der Waals surface area contributed by atoms with Crippen molar-refractivity contribution in [2.45, 2.75) is 37.4 Å². The molecule has 2 heterocycles. The SMILES string of the molecule is COC(=O)CNC(=O)CSc1nnc(C(C)N2CCCCC2)n1-c1ccc(F)cc1. The van der Waals surface area contributed by atoms with E-state index in [4.69, 9.17) is 0 Å². The molecule has 8 nitrogen and oxygen atoms in total. The topological polar surface area (TPSA) is 89.3 Å². The Morgan fingerprint density at radius 1 is 1.20 bits per heavy atom. The van der Waals surface area contributed by atoms with Crippen LogP contribution in [0.25, 0.3) is 5.69 Å². The molecule has 1 saturated heterocycles. The first-order valence-electron chi connectivity index (χ1n) is 9.91. The van der Waals surface area contributed by atoms with E-state index in [-0.39, 0.29) is 30.1 Å². The van der Waals surface area contributed by atoms with Gasteiger partial charge in [0, 0.05) is 5.69 Å². The monoisotopic (exact) mass is 435 g/mol. The molecule has 1 aromatic carbocycles. The molecule has 1 aromatic heterocycles. The van der Waals surface area contributed by atoms with Gasteiger partial charge in [-0.3, -0.25) is 19.1 Å². The number of carbonyl (C=O) groups excluding carboxylic acids is 2. The lowest BCUT2D eigenvalue weighted by Gasteiger charge is -2.31. The molecule has 1 N–H and O–H groups in total. The number of likely N-dealkylation sites (tertiary alicyclic amines) is 1. The third kappa shape index (κ3) is 5.57. The Balaban J connectivity index is 1.80. The average molecular weight is 436 g/mol. The van der Waals surface area contributed by atoms with E-state index in [1.54, 1.807) is 12.1 Å². The number of nitrogens with zero attached hydrogens (tertiary/aromatic N) is 4. The van der Waals surface area contributed by atoms with E-state index in [0.717, 1.165) is 37.4 Å². The average Bonchev–Trinajstić information content (AvgIpc) is 3.20. The number of methoxy groups -OCH3 is 1. The minimum Gasteiger partial charge on any atom is -0.468 e. The number of nitrogens with one attached hydrogen (secondary N) is 1. The van der Waals surface area contributed by atoms with Gasteiger partial charge in [0.1, 0.15) is 12.4 Å². The van der Waals surface area contributed by atoms with Crippen molar-refractivity contribution in [3.05, 3.63) is 35.9 Å². The Kier molecular flexibility index (Phi) is 7.81. The number of piperidine rings is 1. The lowest BCUT2D eigenvalue weighted by atomic mass is 10.1. The van der Waals surface area contributed by atoms with Gasteiger partial charge in [-0.2, -0.15) is 0 Å². The van der Waals surface area contributed by atoms with Crippen molar-refractivity contribution < 1.29 is 18.7 Å². The molecule has 0 saturated carbocycles. The zero-order chi connectivity index (χ0) is 21.5. The van der Waals surface area contributed by atoms with Crippen LogP contribution in [0.15, 0.2) is 29.4 Å². The summed E-state index contributed by atoms with van der Waals surface area (Å²) in [4.78, 5) is 25.6. The molecule has 0 spiro atoms. The second-order valence-corrected chi connectivity index (χ2v) is 8.01. The number of rotatable bonds is 8. The van der Waals surface area contributed by atoms with Gasteiger partial charge in [-0.25, -0.2) is 4.39 Å². The van der Waals surface area contributed by atoms with Crippen LogP contribution in [-0.4, -0.2) is 64.0 Å². The fraction of sp³-hybridized carbons (Fsp3) is 0.500. The molecule has 2 aromatic rings. The van der Waals surface area contributed by atoms with Crippen molar-refractivity contribution in [2.75, 3.05) is 32.5 Å². The van der Waals surface area contributed by atoms with Gasteiger partial charge in [0.25, 0.3) is 0 Å². The van der Waals surface area contributed by atoms with E-state index in [0.29, 0.717) is 5.16 Å². The van der Waals surface area contributed by atoms with Crippen molar-refractivity contribution in [3.8, 4) is 5.69 Å². The number of aromatic nitrogens is 3. The summed E-state index contributed by atoms with van der Waals surface area (Å²) in [7, 11) is 1.26. The lowest BCUT2D eigenvalue weighted by Crippen LogP contribution is -2.33. The van der Waals surface area contributed by atoms with Crippen molar-refractivity contribution >= 4 is 23.6 Å². The first kappa shape index (κ1) is 22.2. The number of esters is 1. The molecule has 3 rings (SSSR count). The van der Waals surface area contributed by atoms with Crippen LogP contribution in [-0.2, 0) is 14.3 Å². The van der Waals surface area contributed by atoms with E-state index in [9.17, 15) is 14.0 Å². The smallest absolute Gasteiger partial charge is 0.325 e. The summed E-state index contributed by atoms with van der Waals surface area (Å²) in [6, 6.07) is 6.16. The first-order valence-corrected chi connectivity index (χ1v) is 10.9. The minimum absolute atomic E-state index is 0.0327. The zero-order valence-corrected chi connectivity index (χ0v) is 18.0. The third-order valence-electron chi connectivity index (χ3n) is 5.05. The fourth-order valence-corrected chi connectivity index (χ4v) is 4.16. The number of carbonyl (C=O) groups is 2. The molecule has 0 radical (unpaired) electrons. The van der Waals surface area contributed by atoms with Gasteiger partial charge in [-0.05, 0) is 57.1 Å². The predicted molar refractivity (Wildman–Crippen MR) is 111 cm³/mol. The molecule has 1 atom stereocenters. The summed E-state index contributed by atoms with van der Waals surface area (Å²) in [5.41, 5.74) is 0.734. The molecular weight excluding hydrogens is 409 g/mol. The van der Waals surface area contributed by atoms with Crippen molar-refractivity contribution in [1.82, 2.24) is 25.0 Å². The Labute approximate surface area is 179 Å². The van der Waals surface area contributed by atoms with Gasteiger partial charge in [-0.1, -0.05) is 18.2 Å². The third-order valence-corrected chi connectivity index (χ3v) is 5.97. The van der Waals surface area contributed by atoms with E-state index in [1.165, 1.54) is 37.4 Å². The van der Waals surface area contributed by atoms with Crippen LogP contribution in [0.4, 0.5) is 4.39 Å². The summed E-state index contributed by atoms with van der Waals surface area (Å²) in [6.07, 6.45) is 3.53. The van der Waals surface area contributed by atoms with Gasteiger partial charge < -0.3 is 10.1 Å². The highest BCUT2D eigenvalue weighted by Crippen LogP contribution is 2.29. The molecule has 1 fully saturated rings. The van der Waals surface area contributed by atoms with Crippen LogP contribution >= 0.6 is 11.8 Å². The number of benzene rings is 1. The van der Waals surface area contributed by atoms with E-state index >= 15 is 0 Å². The maximum absolute atomic E-state index is 13.5. The summed E-state index contributed by atoms with van der Waals surface area (Å²) >= 11 is 1.21. The Hall–Kier alpha value is -2.46. The molecule has 1 aliphatic rings. The molecule has 30 heavy (non-hydrogen) atoms. The summed E-state index contributed by atoms with van der Waals surface area (Å²) in [5, 5.41) is 11.7. The number of amides is 1. The molecule has 162 valence electrons. The zero-order valence-electron chi connectivity index (χ0n) is 17.1. The van der Waals surface area contributed by atoms with Crippen LogP contribution in [0.3, 0.4) is 0 Å². The van der Waals surface area contributed by atoms with Crippen molar-refractivity contribution in [3.63, 3.8) is 0 Å². The molecule has 0 aliphatic carbocycles. The second-order valence-electron chi connectivity index (χ2n) is 7.07. The minimum atomic E-state index is -0.513. The van der Waals surface area contributed by atoms with Crippen LogP contribution in [0.1, 0.15) is 38.1 Å². The normalized spacial score (nSPS) is 15.6. The number of halogens is 1. The first-order chi connectivity index (χ1) is 14.5. The second kappa shape index (κ2) is 10.5. The van der Waals surface area contributed by atoms with E-state index in [1.807, 2.05) is 4.57 Å². The molecule has 1 aliphatic heterocycles. The molecule has 1 amide bonds. The largest absolute Gasteiger partial charge is 0.468 e. The Morgan fingerprint density at radius 3 is 2.57 bits per heavy atom. The maximum Gasteiger partial charge on any atom is 0.325 e. The van der Waals surface area contributed by atoms with E-state index < -0.39 is 5.97 Å². The fourth-order valence-electron chi connectivity index (χ4n) is 3.37. The van der Waals surface area contributed by atoms with Gasteiger partial charge in [0.15, 0.2) is 11.0 Å². The number of ether oxygens (including phenoxy) is 1. The van der Waals surface area contributed by atoms with Crippen LogP contribution < -0.4 is 5.32 Å². The molecule has 10 heteroatoms. The lowest BCUT2D eigenvalue weighted by molar-refractivity contribution is -0.140. The Morgan fingerprint density at radius 2 is 1.90 bits per heavy atom. The molecular formula is C20H26FN5O3S. The molecule has 0 bridgehead atoms. The summed E-state index contributed by atoms with van der Waals surface area (Å²) in [5.74, 6) is -0.339. The highest BCUT2D eigenvalue weighted by Gasteiger charge is 2.25. The van der Waals surface area contributed by atoms with Gasteiger partial charge in [-0.15, -0.1) is 10.2 Å². The number of thioether (sulfide) groups is 1. The van der Waals surface area contributed by atoms with Gasteiger partial charge in [0.05, 0.1) is 18.9 Å². The van der Waals surface area contributed by atoms with Crippen LogP contribution in [0.5, 0.6) is 0 Å². The quantitative estimate of drug-likeness (QED) is 0.503. The van der Waals surface area contributed by atoms with E-state index in [2.05, 4.69) is 32.1 Å². The summed E-state index contributed by atoms with van der Waals surface area (Å²) < 4.78 is 19.9. The Bertz CT molecular complexity index is 868. The van der Waals surface area contributed by atoms with Crippen LogP contribution in [0.2, 0.25) is 0 Å². The van der Waals surface area contributed by atoms with Gasteiger partial charge in [0.2, 0.25) is 5.91 Å². The predicted octanol–water partition coefficient (Wildman–Crippen LogP) is 2.33.